The van der Waals surface area contributed by atoms with Crippen molar-refractivity contribution in [1.82, 2.24) is 15.3 Å². The van der Waals surface area contributed by atoms with E-state index >= 15 is 0 Å². The number of hydrogen-bond donors (Lipinski definition) is 2. The van der Waals surface area contributed by atoms with Crippen LogP contribution in [0.5, 0.6) is 0 Å². The first-order valence-corrected chi connectivity index (χ1v) is 8.50. The third kappa shape index (κ3) is 4.54. The maximum Gasteiger partial charge on any atom is 0.270 e. The molecular weight excluding hydrogens is 300 g/mol. The summed E-state index contributed by atoms with van der Waals surface area (Å²) in [5.74, 6) is 0.657. The fraction of sp³-hybridized carbons (Fsp3) is 0.421. The Morgan fingerprint density at radius 2 is 2.04 bits per heavy atom. The Balaban J connectivity index is 2.20. The second-order valence-electron chi connectivity index (χ2n) is 6.19. The summed E-state index contributed by atoms with van der Waals surface area (Å²) in [6.07, 6.45) is 3.61. The zero-order valence-corrected chi connectivity index (χ0v) is 14.9. The van der Waals surface area contributed by atoms with Gasteiger partial charge in [-0.05, 0) is 36.5 Å². The van der Waals surface area contributed by atoms with Crippen molar-refractivity contribution in [2.24, 2.45) is 0 Å². The number of anilines is 2. The highest BCUT2D eigenvalue weighted by Crippen LogP contribution is 2.29. The van der Waals surface area contributed by atoms with Crippen molar-refractivity contribution in [2.75, 3.05) is 11.9 Å². The maximum absolute atomic E-state index is 12.1. The van der Waals surface area contributed by atoms with Gasteiger partial charge in [0, 0.05) is 18.4 Å². The van der Waals surface area contributed by atoms with Crippen LogP contribution in [0.4, 0.5) is 11.6 Å². The number of aryl methyl sites for hydroxylation is 1. The third-order valence-corrected chi connectivity index (χ3v) is 3.87. The first-order valence-electron chi connectivity index (χ1n) is 8.50. The van der Waals surface area contributed by atoms with E-state index in [9.17, 15) is 4.79 Å². The van der Waals surface area contributed by atoms with Crippen LogP contribution in [0, 0.1) is 6.92 Å². The van der Waals surface area contributed by atoms with Gasteiger partial charge in [-0.1, -0.05) is 45.4 Å². The number of aromatic nitrogens is 2. The summed E-state index contributed by atoms with van der Waals surface area (Å²) in [6.45, 7) is 9.11. The molecule has 0 unspecified atom stereocenters. The van der Waals surface area contributed by atoms with Crippen molar-refractivity contribution in [2.45, 2.75) is 46.5 Å². The van der Waals surface area contributed by atoms with Crippen molar-refractivity contribution in [1.29, 1.82) is 0 Å². The zero-order valence-electron chi connectivity index (χ0n) is 14.9. The number of benzene rings is 1. The number of hydrogen-bond acceptors (Lipinski definition) is 4. The predicted octanol–water partition coefficient (Wildman–Crippen LogP) is 4.18. The first kappa shape index (κ1) is 17.9. The smallest absolute Gasteiger partial charge is 0.270 e. The van der Waals surface area contributed by atoms with Crippen molar-refractivity contribution in [3.05, 3.63) is 47.3 Å². The van der Waals surface area contributed by atoms with Gasteiger partial charge in [0.25, 0.3) is 5.91 Å². The van der Waals surface area contributed by atoms with Crippen LogP contribution in [0.1, 0.15) is 61.1 Å². The molecule has 0 aliphatic heterocycles. The van der Waals surface area contributed by atoms with Gasteiger partial charge in [0.1, 0.15) is 5.69 Å². The van der Waals surface area contributed by atoms with Gasteiger partial charge in [-0.3, -0.25) is 4.79 Å². The van der Waals surface area contributed by atoms with Crippen LogP contribution in [0.3, 0.4) is 0 Å². The van der Waals surface area contributed by atoms with Gasteiger partial charge in [-0.15, -0.1) is 0 Å². The standard InChI is InChI=1S/C19H26N4O/c1-5-6-11-20-18(24)16-10-12-21-19(22-16)23-17-14(4)8-7-9-15(17)13(2)3/h7-10,12-13H,5-6,11H2,1-4H3,(H,20,24)(H,21,22,23). The van der Waals surface area contributed by atoms with E-state index in [1.807, 2.05) is 6.07 Å². The van der Waals surface area contributed by atoms with Crippen LogP contribution in [-0.4, -0.2) is 22.4 Å². The molecule has 0 bridgehead atoms. The number of carbonyl (C=O) groups excluding carboxylic acids is 1. The Kier molecular flexibility index (Phi) is 6.29. The number of carbonyl (C=O) groups is 1. The van der Waals surface area contributed by atoms with Gasteiger partial charge in [0.05, 0.1) is 0 Å². The summed E-state index contributed by atoms with van der Waals surface area (Å²) < 4.78 is 0. The molecule has 0 aliphatic rings. The molecule has 0 radical (unpaired) electrons. The molecule has 2 aromatic rings. The fourth-order valence-electron chi connectivity index (χ4n) is 2.47. The number of nitrogens with one attached hydrogen (secondary N) is 2. The minimum absolute atomic E-state index is 0.164. The zero-order chi connectivity index (χ0) is 17.5. The van der Waals surface area contributed by atoms with Crippen LogP contribution < -0.4 is 10.6 Å². The maximum atomic E-state index is 12.1. The van der Waals surface area contributed by atoms with Crippen LogP contribution in [-0.2, 0) is 0 Å². The molecule has 0 atom stereocenters. The summed E-state index contributed by atoms with van der Waals surface area (Å²) in [5, 5.41) is 6.16. The SMILES string of the molecule is CCCCNC(=O)c1ccnc(Nc2c(C)cccc2C(C)C)n1. The molecule has 2 rings (SSSR count). The van der Waals surface area contributed by atoms with E-state index in [0.717, 1.165) is 24.1 Å². The van der Waals surface area contributed by atoms with Crippen LogP contribution in [0.2, 0.25) is 0 Å². The lowest BCUT2D eigenvalue weighted by molar-refractivity contribution is 0.0948. The molecule has 5 nitrogen and oxygen atoms in total. The minimum Gasteiger partial charge on any atom is -0.351 e. The Morgan fingerprint density at radius 3 is 2.75 bits per heavy atom. The molecule has 5 heteroatoms. The fourth-order valence-corrected chi connectivity index (χ4v) is 2.47. The highest BCUT2D eigenvalue weighted by Gasteiger charge is 2.12. The summed E-state index contributed by atoms with van der Waals surface area (Å²) in [5.41, 5.74) is 3.72. The van der Waals surface area contributed by atoms with Gasteiger partial charge in [-0.2, -0.15) is 0 Å². The predicted molar refractivity (Wildman–Crippen MR) is 97.8 cm³/mol. The van der Waals surface area contributed by atoms with Crippen molar-refractivity contribution in [3.8, 4) is 0 Å². The molecule has 0 aliphatic carbocycles. The molecule has 2 N–H and O–H groups in total. The molecule has 1 heterocycles. The molecule has 0 spiro atoms. The topological polar surface area (TPSA) is 66.9 Å². The van der Waals surface area contributed by atoms with E-state index in [1.165, 1.54) is 5.56 Å². The van der Waals surface area contributed by atoms with Crippen molar-refractivity contribution in [3.63, 3.8) is 0 Å². The first-order chi connectivity index (χ1) is 11.5. The van der Waals surface area contributed by atoms with Gasteiger partial charge < -0.3 is 10.6 Å². The summed E-state index contributed by atoms with van der Waals surface area (Å²) in [6, 6.07) is 7.83. The second kappa shape index (κ2) is 8.43. The molecule has 1 aromatic heterocycles. The summed E-state index contributed by atoms with van der Waals surface area (Å²) >= 11 is 0. The minimum atomic E-state index is -0.164. The van der Waals surface area contributed by atoms with Gasteiger partial charge in [0.2, 0.25) is 5.95 Å². The third-order valence-electron chi connectivity index (χ3n) is 3.87. The molecule has 0 saturated heterocycles. The summed E-state index contributed by atoms with van der Waals surface area (Å²) in [4.78, 5) is 20.7. The van der Waals surface area contributed by atoms with Gasteiger partial charge >= 0.3 is 0 Å². The highest BCUT2D eigenvalue weighted by atomic mass is 16.1. The Hall–Kier alpha value is -2.43. The van der Waals surface area contributed by atoms with Gasteiger partial charge in [0.15, 0.2) is 0 Å². The molecule has 24 heavy (non-hydrogen) atoms. The van der Waals surface area contributed by atoms with E-state index in [-0.39, 0.29) is 5.91 Å². The lowest BCUT2D eigenvalue weighted by Gasteiger charge is -2.16. The van der Waals surface area contributed by atoms with E-state index < -0.39 is 0 Å². The van der Waals surface area contributed by atoms with Crippen molar-refractivity contribution < 1.29 is 4.79 Å². The lowest BCUT2D eigenvalue weighted by Crippen LogP contribution is -2.25. The van der Waals surface area contributed by atoms with E-state index in [4.69, 9.17) is 0 Å². The number of amides is 1. The van der Waals surface area contributed by atoms with Gasteiger partial charge in [-0.25, -0.2) is 9.97 Å². The van der Waals surface area contributed by atoms with Crippen LogP contribution >= 0.6 is 0 Å². The van der Waals surface area contributed by atoms with E-state index in [1.54, 1.807) is 12.3 Å². The molecule has 128 valence electrons. The molecule has 1 aromatic carbocycles. The average molecular weight is 326 g/mol. The highest BCUT2D eigenvalue weighted by molar-refractivity contribution is 5.92. The molecule has 0 saturated carbocycles. The number of para-hydroxylation sites is 1. The Labute approximate surface area is 143 Å². The van der Waals surface area contributed by atoms with Crippen LogP contribution in [0.25, 0.3) is 0 Å². The number of unbranched alkanes of at least 4 members (excludes halogenated alkanes) is 1. The van der Waals surface area contributed by atoms with Crippen LogP contribution in [0.15, 0.2) is 30.5 Å². The Morgan fingerprint density at radius 1 is 1.25 bits per heavy atom. The average Bonchev–Trinajstić information content (AvgIpc) is 2.57. The lowest BCUT2D eigenvalue weighted by atomic mass is 9.98. The Bertz CT molecular complexity index is 698. The van der Waals surface area contributed by atoms with E-state index in [2.05, 4.69) is 60.4 Å². The molecular formula is C19H26N4O. The normalized spacial score (nSPS) is 10.7. The molecule has 0 fully saturated rings. The number of rotatable bonds is 7. The quantitative estimate of drug-likeness (QED) is 0.749. The second-order valence-corrected chi connectivity index (χ2v) is 6.19. The largest absolute Gasteiger partial charge is 0.351 e. The summed E-state index contributed by atoms with van der Waals surface area (Å²) in [7, 11) is 0. The number of nitrogens with zero attached hydrogens (tertiary/aromatic N) is 2. The monoisotopic (exact) mass is 326 g/mol. The molecule has 1 amide bonds. The van der Waals surface area contributed by atoms with E-state index in [0.29, 0.717) is 24.1 Å². The van der Waals surface area contributed by atoms with Crippen molar-refractivity contribution >= 4 is 17.5 Å².